The van der Waals surface area contributed by atoms with Crippen molar-refractivity contribution in [2.75, 3.05) is 26.7 Å². The van der Waals surface area contributed by atoms with E-state index in [1.165, 1.54) is 0 Å². The van der Waals surface area contributed by atoms with Gasteiger partial charge in [0.1, 0.15) is 0 Å². The van der Waals surface area contributed by atoms with Gasteiger partial charge in [0, 0.05) is 30.6 Å². The molecule has 0 aromatic carbocycles. The molecule has 1 aliphatic rings. The fourth-order valence-corrected chi connectivity index (χ4v) is 2.36. The first-order valence-electron chi connectivity index (χ1n) is 6.48. The third kappa shape index (κ3) is 3.90. The number of piperazine rings is 1. The number of thiocarbonyl (C=S) groups is 1. The smallest absolute Gasteiger partial charge is 0.0784 e. The second-order valence-electron chi connectivity index (χ2n) is 6.12. The fourth-order valence-electron chi connectivity index (χ4n) is 2.26. The number of hydrogen-bond acceptors (Lipinski definition) is 3. The molecule has 0 saturated carbocycles. The minimum atomic E-state index is -0.0227. The Labute approximate surface area is 111 Å². The van der Waals surface area contributed by atoms with E-state index in [1.54, 1.807) is 0 Å². The number of rotatable bonds is 4. The van der Waals surface area contributed by atoms with Crippen molar-refractivity contribution in [3.63, 3.8) is 0 Å². The lowest BCUT2D eigenvalue weighted by molar-refractivity contribution is 0.0560. The molecular formula is C13H27N3S. The maximum absolute atomic E-state index is 5.77. The van der Waals surface area contributed by atoms with Gasteiger partial charge in [-0.3, -0.25) is 4.90 Å². The van der Waals surface area contributed by atoms with Crippen LogP contribution in [-0.2, 0) is 0 Å². The highest BCUT2D eigenvalue weighted by Crippen LogP contribution is 2.22. The molecule has 2 atom stereocenters. The largest absolute Gasteiger partial charge is 0.393 e. The molecule has 0 bridgehead atoms. The highest BCUT2D eigenvalue weighted by Gasteiger charge is 2.28. The predicted octanol–water partition coefficient (Wildman–Crippen LogP) is 1.71. The van der Waals surface area contributed by atoms with Crippen molar-refractivity contribution >= 4 is 17.2 Å². The van der Waals surface area contributed by atoms with Gasteiger partial charge >= 0.3 is 0 Å². The van der Waals surface area contributed by atoms with E-state index < -0.39 is 0 Å². The van der Waals surface area contributed by atoms with Gasteiger partial charge in [0.25, 0.3) is 0 Å². The van der Waals surface area contributed by atoms with Gasteiger partial charge in [-0.05, 0) is 33.9 Å². The lowest BCUT2D eigenvalue weighted by Gasteiger charge is -2.43. The Kier molecular flexibility index (Phi) is 4.93. The summed E-state index contributed by atoms with van der Waals surface area (Å²) in [5, 5.41) is 0. The van der Waals surface area contributed by atoms with Crippen molar-refractivity contribution in [2.45, 2.75) is 46.2 Å². The van der Waals surface area contributed by atoms with E-state index in [4.69, 9.17) is 18.0 Å². The summed E-state index contributed by atoms with van der Waals surface area (Å²) >= 11 is 5.11. The Hall–Kier alpha value is -0.190. The first-order valence-corrected chi connectivity index (χ1v) is 6.89. The van der Waals surface area contributed by atoms with Crippen LogP contribution in [0.4, 0.5) is 0 Å². The summed E-state index contributed by atoms with van der Waals surface area (Å²) in [6, 6.07) is 1.26. The molecule has 1 fully saturated rings. The lowest BCUT2D eigenvalue weighted by Crippen LogP contribution is -2.55. The molecule has 17 heavy (non-hydrogen) atoms. The van der Waals surface area contributed by atoms with Crippen LogP contribution in [0.5, 0.6) is 0 Å². The van der Waals surface area contributed by atoms with Crippen LogP contribution in [0.3, 0.4) is 0 Å². The van der Waals surface area contributed by atoms with Crippen molar-refractivity contribution < 1.29 is 0 Å². The quantitative estimate of drug-likeness (QED) is 0.777. The number of likely N-dealkylation sites (N-methyl/N-ethyl adjacent to an activating group) is 1. The van der Waals surface area contributed by atoms with Gasteiger partial charge in [0.05, 0.1) is 4.99 Å². The molecule has 0 aromatic heterocycles. The van der Waals surface area contributed by atoms with Gasteiger partial charge in [-0.25, -0.2) is 0 Å². The average Bonchev–Trinajstić information content (AvgIpc) is 2.22. The number of nitrogens with zero attached hydrogens (tertiary/aromatic N) is 2. The third-order valence-electron chi connectivity index (χ3n) is 4.16. The standard InChI is InChI=1S/C13H27N3S/c1-10-8-16(9-11(2)15(10)5)7-6-13(3,4)12(14)17/h10-11H,6-9H2,1-5H3,(H2,14,17). The maximum atomic E-state index is 5.77. The summed E-state index contributed by atoms with van der Waals surface area (Å²) in [4.78, 5) is 5.62. The van der Waals surface area contributed by atoms with Crippen LogP contribution >= 0.6 is 12.2 Å². The summed E-state index contributed by atoms with van der Waals surface area (Å²) < 4.78 is 0. The molecule has 1 heterocycles. The van der Waals surface area contributed by atoms with E-state index in [9.17, 15) is 0 Å². The molecule has 0 aliphatic carbocycles. The Morgan fingerprint density at radius 1 is 1.29 bits per heavy atom. The van der Waals surface area contributed by atoms with Crippen molar-refractivity contribution in [2.24, 2.45) is 11.1 Å². The normalized spacial score (nSPS) is 28.3. The van der Waals surface area contributed by atoms with E-state index in [-0.39, 0.29) is 5.41 Å². The lowest BCUT2D eigenvalue weighted by atomic mass is 9.89. The zero-order valence-corrected chi connectivity index (χ0v) is 12.7. The van der Waals surface area contributed by atoms with Gasteiger partial charge in [-0.2, -0.15) is 0 Å². The Balaban J connectivity index is 2.46. The van der Waals surface area contributed by atoms with Crippen LogP contribution in [-0.4, -0.2) is 53.6 Å². The topological polar surface area (TPSA) is 32.5 Å². The molecule has 2 unspecified atom stereocenters. The molecule has 1 saturated heterocycles. The summed E-state index contributed by atoms with van der Waals surface area (Å²) in [7, 11) is 2.21. The van der Waals surface area contributed by atoms with Crippen molar-refractivity contribution in [3.8, 4) is 0 Å². The van der Waals surface area contributed by atoms with E-state index in [0.717, 1.165) is 26.1 Å². The van der Waals surface area contributed by atoms with Gasteiger partial charge < -0.3 is 10.6 Å². The van der Waals surface area contributed by atoms with E-state index in [2.05, 4.69) is 44.5 Å². The van der Waals surface area contributed by atoms with Gasteiger partial charge in [0.2, 0.25) is 0 Å². The van der Waals surface area contributed by atoms with Crippen molar-refractivity contribution in [1.29, 1.82) is 0 Å². The molecule has 0 spiro atoms. The minimum Gasteiger partial charge on any atom is -0.393 e. The minimum absolute atomic E-state index is 0.0227. The van der Waals surface area contributed by atoms with Crippen molar-refractivity contribution in [3.05, 3.63) is 0 Å². The predicted molar refractivity (Wildman–Crippen MR) is 78.3 cm³/mol. The molecule has 100 valence electrons. The Morgan fingerprint density at radius 2 is 1.76 bits per heavy atom. The summed E-state index contributed by atoms with van der Waals surface area (Å²) in [5.41, 5.74) is 5.74. The third-order valence-corrected chi connectivity index (χ3v) is 4.71. The van der Waals surface area contributed by atoms with Crippen LogP contribution < -0.4 is 5.73 Å². The monoisotopic (exact) mass is 257 g/mol. The van der Waals surface area contributed by atoms with E-state index >= 15 is 0 Å². The highest BCUT2D eigenvalue weighted by molar-refractivity contribution is 7.80. The zero-order chi connectivity index (χ0) is 13.2. The molecular weight excluding hydrogens is 230 g/mol. The fraction of sp³-hybridized carbons (Fsp3) is 0.923. The first-order chi connectivity index (χ1) is 7.74. The second-order valence-corrected chi connectivity index (χ2v) is 6.56. The molecule has 4 heteroatoms. The average molecular weight is 257 g/mol. The van der Waals surface area contributed by atoms with Crippen LogP contribution in [0.1, 0.15) is 34.1 Å². The van der Waals surface area contributed by atoms with Gasteiger partial charge in [0.15, 0.2) is 0 Å². The summed E-state index contributed by atoms with van der Waals surface area (Å²) in [5.74, 6) is 0. The SMILES string of the molecule is CC1CN(CCC(C)(C)C(N)=S)CC(C)N1C. The molecule has 0 radical (unpaired) electrons. The van der Waals surface area contributed by atoms with Crippen molar-refractivity contribution in [1.82, 2.24) is 9.80 Å². The van der Waals surface area contributed by atoms with Crippen LogP contribution in [0.25, 0.3) is 0 Å². The van der Waals surface area contributed by atoms with Crippen LogP contribution in [0.15, 0.2) is 0 Å². The summed E-state index contributed by atoms with van der Waals surface area (Å²) in [6.07, 6.45) is 1.05. The number of nitrogens with two attached hydrogens (primary N) is 1. The first kappa shape index (κ1) is 14.9. The van der Waals surface area contributed by atoms with E-state index in [1.807, 2.05) is 0 Å². The Morgan fingerprint density at radius 3 is 2.18 bits per heavy atom. The van der Waals surface area contributed by atoms with Gasteiger partial charge in [-0.15, -0.1) is 0 Å². The van der Waals surface area contributed by atoms with E-state index in [0.29, 0.717) is 17.1 Å². The molecule has 1 aliphatic heterocycles. The van der Waals surface area contributed by atoms with Gasteiger partial charge in [-0.1, -0.05) is 26.1 Å². The summed E-state index contributed by atoms with van der Waals surface area (Å²) in [6.45, 7) is 12.2. The molecule has 2 N–H and O–H groups in total. The highest BCUT2D eigenvalue weighted by atomic mass is 32.1. The molecule has 0 aromatic rings. The molecule has 1 rings (SSSR count). The Bertz CT molecular complexity index is 266. The molecule has 0 amide bonds. The molecule has 3 nitrogen and oxygen atoms in total. The zero-order valence-electron chi connectivity index (χ0n) is 11.9. The number of hydrogen-bond donors (Lipinski definition) is 1. The van der Waals surface area contributed by atoms with Crippen LogP contribution in [0.2, 0.25) is 0 Å². The second kappa shape index (κ2) is 5.63. The maximum Gasteiger partial charge on any atom is 0.0784 e. The van der Waals surface area contributed by atoms with Crippen LogP contribution in [0, 0.1) is 5.41 Å².